The molecule has 0 saturated heterocycles. The van der Waals surface area contributed by atoms with Crippen molar-refractivity contribution >= 4 is 23.1 Å². The van der Waals surface area contributed by atoms with Crippen LogP contribution in [0.4, 0.5) is 0 Å². The number of aromatic hydroxyl groups is 1. The highest BCUT2D eigenvalue weighted by molar-refractivity contribution is 6.23. The van der Waals surface area contributed by atoms with E-state index in [1.807, 2.05) is 6.92 Å². The molecule has 7 heteroatoms. The lowest BCUT2D eigenvalue weighted by atomic mass is 9.59. The molecule has 0 aromatic heterocycles. The molecule has 0 aliphatic heterocycles. The number of rotatable bonds is 2. The molecule has 0 radical (unpaired) electrons. The van der Waals surface area contributed by atoms with Gasteiger partial charge in [0.05, 0.1) is 5.56 Å². The van der Waals surface area contributed by atoms with E-state index in [0.717, 1.165) is 5.56 Å². The highest BCUT2D eigenvalue weighted by atomic mass is 16.3. The van der Waals surface area contributed by atoms with Gasteiger partial charge in [0.2, 0.25) is 5.78 Å². The zero-order valence-electron chi connectivity index (χ0n) is 16.2. The molecule has 3 atom stereocenters. The van der Waals surface area contributed by atoms with Crippen molar-refractivity contribution in [2.45, 2.75) is 52.6 Å². The molecule has 30 heavy (non-hydrogen) atoms. The normalized spacial score (nSPS) is 27.8. The zero-order valence-corrected chi connectivity index (χ0v) is 16.2. The van der Waals surface area contributed by atoms with E-state index in [-0.39, 0.29) is 43.6 Å². The first-order chi connectivity index (χ1) is 13.6. The van der Waals surface area contributed by atoms with E-state index >= 15 is 0 Å². The summed E-state index contributed by atoms with van der Waals surface area (Å²) in [6.07, 6.45) is 0.243. The molecule has 1 aromatic carbocycles. The van der Waals surface area contributed by atoms with E-state index in [9.17, 15) is 34.8 Å². The van der Waals surface area contributed by atoms with E-state index in [1.54, 1.807) is 6.07 Å². The van der Waals surface area contributed by atoms with Gasteiger partial charge in [-0.25, -0.2) is 0 Å². The molecule has 0 heterocycles. The fraction of sp³-hybridized carbons (Fsp3) is 0.435. The topological polar surface area (TPSA) is 132 Å². The van der Waals surface area contributed by atoms with E-state index in [1.165, 1.54) is 13.0 Å². The van der Waals surface area contributed by atoms with Crippen LogP contribution in [0.1, 0.15) is 50.3 Å². The SMILES string of the molecule is C.CCC(=O)C1=C(O)[C@@]2(O)C(=O)C3=C(O)c4c(O)ccc(C)c4C[C@H]3C[C@H]2CC1=O. The number of phenols is 1. The maximum atomic E-state index is 13.3. The minimum atomic E-state index is -2.44. The Morgan fingerprint density at radius 1 is 1.17 bits per heavy atom. The number of aliphatic hydroxyl groups excluding tert-OH is 2. The van der Waals surface area contributed by atoms with E-state index in [0.29, 0.717) is 12.0 Å². The summed E-state index contributed by atoms with van der Waals surface area (Å²) in [4.78, 5) is 38.0. The number of ketones is 3. The Balaban J connectivity index is 0.00000256. The van der Waals surface area contributed by atoms with Crippen molar-refractivity contribution in [1.29, 1.82) is 0 Å². The smallest absolute Gasteiger partial charge is 0.202 e. The number of Topliss-reactive ketones (excluding diaryl/α,β-unsaturated/α-hetero) is 3. The van der Waals surface area contributed by atoms with Crippen LogP contribution in [-0.2, 0) is 20.8 Å². The molecule has 4 rings (SSSR count). The lowest BCUT2D eigenvalue weighted by Crippen LogP contribution is -2.58. The average molecular weight is 414 g/mol. The third kappa shape index (κ3) is 2.65. The Kier molecular flexibility index (Phi) is 5.15. The second-order valence-electron chi connectivity index (χ2n) is 8.07. The van der Waals surface area contributed by atoms with Gasteiger partial charge in [0.25, 0.3) is 0 Å². The Morgan fingerprint density at radius 2 is 1.83 bits per heavy atom. The molecule has 0 unspecified atom stereocenters. The van der Waals surface area contributed by atoms with Crippen molar-refractivity contribution in [3.8, 4) is 5.75 Å². The summed E-state index contributed by atoms with van der Waals surface area (Å²) >= 11 is 0. The Labute approximate surface area is 174 Å². The lowest BCUT2D eigenvalue weighted by Gasteiger charge is -2.46. The van der Waals surface area contributed by atoms with Crippen molar-refractivity contribution in [1.82, 2.24) is 0 Å². The maximum absolute atomic E-state index is 13.3. The van der Waals surface area contributed by atoms with Crippen LogP contribution < -0.4 is 0 Å². The molecule has 4 N–H and O–H groups in total. The van der Waals surface area contributed by atoms with Crippen LogP contribution in [0.2, 0.25) is 0 Å². The largest absolute Gasteiger partial charge is 0.508 e. The van der Waals surface area contributed by atoms with Crippen molar-refractivity contribution in [3.05, 3.63) is 45.7 Å². The molecule has 3 aliphatic carbocycles. The van der Waals surface area contributed by atoms with Crippen molar-refractivity contribution in [3.63, 3.8) is 0 Å². The molecule has 1 fully saturated rings. The molecule has 1 saturated carbocycles. The summed E-state index contributed by atoms with van der Waals surface area (Å²) in [7, 11) is 0. The predicted molar refractivity (Wildman–Crippen MR) is 109 cm³/mol. The molecular weight excluding hydrogens is 388 g/mol. The van der Waals surface area contributed by atoms with Crippen LogP contribution in [-0.4, -0.2) is 43.4 Å². The predicted octanol–water partition coefficient (Wildman–Crippen LogP) is 2.86. The number of fused-ring (bicyclic) bond motifs is 3. The highest BCUT2D eigenvalue weighted by Crippen LogP contribution is 2.52. The van der Waals surface area contributed by atoms with E-state index < -0.39 is 51.9 Å². The summed E-state index contributed by atoms with van der Waals surface area (Å²) in [5.74, 6) is -5.05. The van der Waals surface area contributed by atoms with Gasteiger partial charge in [-0.2, -0.15) is 0 Å². The first-order valence-corrected chi connectivity index (χ1v) is 9.65. The molecule has 7 nitrogen and oxygen atoms in total. The summed E-state index contributed by atoms with van der Waals surface area (Å²) < 4.78 is 0. The summed E-state index contributed by atoms with van der Waals surface area (Å²) in [5.41, 5.74) is -1.36. The van der Waals surface area contributed by atoms with Crippen LogP contribution in [0.3, 0.4) is 0 Å². The van der Waals surface area contributed by atoms with Gasteiger partial charge in [0.1, 0.15) is 22.8 Å². The quantitative estimate of drug-likeness (QED) is 0.547. The van der Waals surface area contributed by atoms with Crippen LogP contribution in [0.25, 0.3) is 5.76 Å². The Bertz CT molecular complexity index is 1050. The molecule has 1 aromatic rings. The fourth-order valence-corrected chi connectivity index (χ4v) is 4.99. The van der Waals surface area contributed by atoms with Crippen LogP contribution >= 0.6 is 0 Å². The number of hydrogen-bond acceptors (Lipinski definition) is 7. The number of aryl methyl sites for hydroxylation is 1. The monoisotopic (exact) mass is 414 g/mol. The van der Waals surface area contributed by atoms with Crippen molar-refractivity contribution in [2.75, 3.05) is 0 Å². The number of phenolic OH excluding ortho intramolecular Hbond substituents is 1. The number of aliphatic hydroxyl groups is 3. The summed E-state index contributed by atoms with van der Waals surface area (Å²) in [6, 6.07) is 3.14. The number of allylic oxidation sites excluding steroid dienone is 1. The maximum Gasteiger partial charge on any atom is 0.202 e. The van der Waals surface area contributed by atoms with Crippen LogP contribution in [0.15, 0.2) is 29.0 Å². The average Bonchev–Trinajstić information content (AvgIpc) is 2.67. The molecule has 0 spiro atoms. The third-order valence-electron chi connectivity index (χ3n) is 6.53. The van der Waals surface area contributed by atoms with Gasteiger partial charge in [-0.05, 0) is 42.9 Å². The van der Waals surface area contributed by atoms with Gasteiger partial charge in [-0.15, -0.1) is 0 Å². The van der Waals surface area contributed by atoms with Gasteiger partial charge < -0.3 is 20.4 Å². The van der Waals surface area contributed by atoms with Crippen LogP contribution in [0.5, 0.6) is 5.75 Å². The molecule has 0 amide bonds. The Hall–Kier alpha value is -2.93. The minimum absolute atomic E-state index is 0. The minimum Gasteiger partial charge on any atom is -0.508 e. The number of carbonyl (C=O) groups is 3. The molecule has 3 aliphatic rings. The number of carbonyl (C=O) groups excluding carboxylic acids is 3. The molecule has 160 valence electrons. The first kappa shape index (κ1) is 21.8. The molecular formula is C23H26O7. The lowest BCUT2D eigenvalue weighted by molar-refractivity contribution is -0.147. The van der Waals surface area contributed by atoms with Crippen molar-refractivity contribution < 1.29 is 34.8 Å². The van der Waals surface area contributed by atoms with Gasteiger partial charge in [0.15, 0.2) is 17.2 Å². The second kappa shape index (κ2) is 7.09. The van der Waals surface area contributed by atoms with Gasteiger partial charge in [-0.3, -0.25) is 14.4 Å². The Morgan fingerprint density at radius 3 is 2.47 bits per heavy atom. The van der Waals surface area contributed by atoms with Crippen LogP contribution in [0, 0.1) is 18.8 Å². The van der Waals surface area contributed by atoms with Crippen molar-refractivity contribution in [2.24, 2.45) is 11.8 Å². The highest BCUT2D eigenvalue weighted by Gasteiger charge is 2.60. The second-order valence-corrected chi connectivity index (χ2v) is 8.07. The van der Waals surface area contributed by atoms with E-state index in [4.69, 9.17) is 0 Å². The standard InChI is InChI=1S/C22H22O7.CH4/c1-3-13(23)18-15(25)8-11-6-10-7-12-9(2)4-5-14(24)17(12)19(26)16(10)20(27)22(11,29)21(18)28;/h4-5,10-11,24,26,28-29H,3,6-8H2,1-2H3;1H4/t10-,11+,22+;/m1./s1. The van der Waals surface area contributed by atoms with Gasteiger partial charge >= 0.3 is 0 Å². The fourth-order valence-electron chi connectivity index (χ4n) is 4.99. The summed E-state index contributed by atoms with van der Waals surface area (Å²) in [5, 5.41) is 43.0. The van der Waals surface area contributed by atoms with Gasteiger partial charge in [-0.1, -0.05) is 20.4 Å². The zero-order chi connectivity index (χ0) is 21.2. The number of hydrogen-bond donors (Lipinski definition) is 4. The number of benzene rings is 1. The first-order valence-electron chi connectivity index (χ1n) is 9.65. The molecule has 0 bridgehead atoms. The van der Waals surface area contributed by atoms with E-state index in [2.05, 4.69) is 0 Å². The summed E-state index contributed by atoms with van der Waals surface area (Å²) in [6.45, 7) is 3.35. The third-order valence-corrected chi connectivity index (χ3v) is 6.53. The van der Waals surface area contributed by atoms with Gasteiger partial charge in [0, 0.05) is 24.3 Å².